The number of rotatable bonds is 1. The molecular weight excluding hydrogens is 455 g/mol. The summed E-state index contributed by atoms with van der Waals surface area (Å²) in [5.41, 5.74) is 14.8. The highest BCUT2D eigenvalue weighted by Crippen LogP contribution is 2.64. The minimum Gasteiger partial charge on any atom is -0.482 e. The molecule has 36 heavy (non-hydrogen) atoms. The van der Waals surface area contributed by atoms with Crippen molar-refractivity contribution < 1.29 is 9.13 Å². The summed E-state index contributed by atoms with van der Waals surface area (Å²) in [6.45, 7) is 1.92. The van der Waals surface area contributed by atoms with Crippen molar-refractivity contribution in [3.63, 3.8) is 0 Å². The molecule has 3 aromatic heterocycles. The number of hydrogen-bond acceptors (Lipinski definition) is 5. The molecule has 2 fully saturated rings. The largest absolute Gasteiger partial charge is 0.482 e. The van der Waals surface area contributed by atoms with Crippen molar-refractivity contribution in [1.82, 2.24) is 24.5 Å². The van der Waals surface area contributed by atoms with Gasteiger partial charge in [-0.25, -0.2) is 9.37 Å². The van der Waals surface area contributed by atoms with E-state index in [4.69, 9.17) is 20.7 Å². The number of nitrogen functional groups attached to an aromatic ring is 1. The highest BCUT2D eigenvalue weighted by Gasteiger charge is 2.57. The Balaban J connectivity index is 1.47. The van der Waals surface area contributed by atoms with Gasteiger partial charge >= 0.3 is 0 Å². The fourth-order valence-electron chi connectivity index (χ4n) is 6.48. The van der Waals surface area contributed by atoms with Gasteiger partial charge in [-0.2, -0.15) is 10.2 Å². The molecule has 2 bridgehead atoms. The molecule has 1 unspecified atom stereocenters. The number of anilines is 1. The Morgan fingerprint density at radius 2 is 1.97 bits per heavy atom. The van der Waals surface area contributed by atoms with E-state index in [0.717, 1.165) is 47.3 Å². The molecule has 2 saturated carbocycles. The van der Waals surface area contributed by atoms with Crippen LogP contribution in [0.3, 0.4) is 0 Å². The Labute approximate surface area is 208 Å². The summed E-state index contributed by atoms with van der Waals surface area (Å²) in [5, 5.41) is 10.2. The maximum absolute atomic E-state index is 14.5. The molecule has 182 valence electrons. The molecule has 1 aliphatic heterocycles. The van der Waals surface area contributed by atoms with Crippen LogP contribution in [0.1, 0.15) is 79.5 Å². The number of aromatic nitrogens is 5. The third kappa shape index (κ3) is 2.75. The van der Waals surface area contributed by atoms with Crippen LogP contribution in [0.25, 0.3) is 22.5 Å². The Morgan fingerprint density at radius 3 is 2.75 bits per heavy atom. The van der Waals surface area contributed by atoms with E-state index in [1.807, 2.05) is 37.0 Å². The third-order valence-electron chi connectivity index (χ3n) is 8.54. The topological polar surface area (TPSA) is 83.8 Å². The van der Waals surface area contributed by atoms with Crippen LogP contribution in [0.5, 0.6) is 5.75 Å². The van der Waals surface area contributed by atoms with E-state index in [-0.39, 0.29) is 17.2 Å². The molecule has 2 N–H and O–H groups in total. The van der Waals surface area contributed by atoms with E-state index in [1.54, 1.807) is 6.07 Å². The molecule has 4 heterocycles. The van der Waals surface area contributed by atoms with Crippen LogP contribution < -0.4 is 10.5 Å². The first-order chi connectivity index (χ1) is 17.4. The smallest absolute Gasteiger partial charge is 0.166 e. The number of hydrogen-bond donors (Lipinski definition) is 1. The van der Waals surface area contributed by atoms with Crippen molar-refractivity contribution in [3.8, 4) is 28.3 Å². The molecule has 1 aromatic carbocycles. The van der Waals surface area contributed by atoms with E-state index >= 15 is 0 Å². The lowest BCUT2D eigenvalue weighted by atomic mass is 9.87. The molecule has 0 amide bonds. The normalized spacial score (nSPS) is 22.8. The van der Waals surface area contributed by atoms with Crippen molar-refractivity contribution in [2.75, 3.05) is 5.73 Å². The molecule has 4 aliphatic rings. The van der Waals surface area contributed by atoms with Crippen LogP contribution in [-0.2, 0) is 12.5 Å². The van der Waals surface area contributed by atoms with Crippen molar-refractivity contribution in [2.24, 2.45) is 7.05 Å². The number of fused-ring (bicyclic) bond motifs is 8. The lowest BCUT2D eigenvalue weighted by molar-refractivity contribution is 0.227. The van der Waals surface area contributed by atoms with Crippen LogP contribution in [0.4, 0.5) is 10.2 Å². The summed E-state index contributed by atoms with van der Waals surface area (Å²) in [6, 6.07) is 7.31. The molecule has 2 atom stereocenters. The second-order valence-corrected chi connectivity index (χ2v) is 11.0. The lowest BCUT2D eigenvalue weighted by Crippen LogP contribution is -2.12. The van der Waals surface area contributed by atoms with Gasteiger partial charge in [0.15, 0.2) is 11.6 Å². The zero-order chi connectivity index (χ0) is 24.3. The SMILES string of the molecule is C[C@H]1Oc2cc(cnc2N)-c2c3c(nn2C2CC2)C2(CC2)CC3c2cn(C)nc2-c2ccc(F)cc21. The van der Waals surface area contributed by atoms with Crippen LogP contribution in [0, 0.1) is 5.82 Å². The van der Waals surface area contributed by atoms with Gasteiger partial charge in [-0.1, -0.05) is 0 Å². The first-order valence-electron chi connectivity index (χ1n) is 12.8. The van der Waals surface area contributed by atoms with Crippen LogP contribution in [0.15, 0.2) is 36.7 Å². The van der Waals surface area contributed by atoms with Gasteiger partial charge in [-0.3, -0.25) is 9.36 Å². The van der Waals surface area contributed by atoms with Gasteiger partial charge in [0.05, 0.1) is 23.1 Å². The number of pyridine rings is 1. The maximum Gasteiger partial charge on any atom is 0.166 e. The average molecular weight is 483 g/mol. The van der Waals surface area contributed by atoms with Crippen molar-refractivity contribution in [2.45, 2.75) is 62.5 Å². The monoisotopic (exact) mass is 482 g/mol. The molecule has 3 aliphatic carbocycles. The first-order valence-corrected chi connectivity index (χ1v) is 12.8. The molecule has 8 rings (SSSR count). The van der Waals surface area contributed by atoms with Crippen LogP contribution >= 0.6 is 0 Å². The quantitative estimate of drug-likeness (QED) is 0.392. The maximum atomic E-state index is 14.5. The first kappa shape index (κ1) is 20.5. The fraction of sp³-hybridized carbons (Fsp3) is 0.393. The number of aryl methyl sites for hydroxylation is 1. The van der Waals surface area contributed by atoms with Crippen LogP contribution in [0.2, 0.25) is 0 Å². The zero-order valence-corrected chi connectivity index (χ0v) is 20.3. The summed E-state index contributed by atoms with van der Waals surface area (Å²) in [5.74, 6) is 0.679. The summed E-state index contributed by atoms with van der Waals surface area (Å²) >= 11 is 0. The van der Waals surface area contributed by atoms with Gasteiger partial charge in [-0.05, 0) is 63.3 Å². The molecule has 7 nitrogen and oxygen atoms in total. The molecule has 1 spiro atoms. The molecular formula is C28H27FN6O. The highest BCUT2D eigenvalue weighted by molar-refractivity contribution is 5.76. The van der Waals surface area contributed by atoms with E-state index in [2.05, 4.69) is 15.9 Å². The van der Waals surface area contributed by atoms with Crippen molar-refractivity contribution in [3.05, 3.63) is 64.9 Å². The van der Waals surface area contributed by atoms with E-state index in [0.29, 0.717) is 17.6 Å². The summed E-state index contributed by atoms with van der Waals surface area (Å²) in [6.07, 6.45) is 9.18. The van der Waals surface area contributed by atoms with Crippen molar-refractivity contribution >= 4 is 5.82 Å². The standard InChI is InChI=1S/C28H27FN6O/c1-14-19-10-16(29)3-6-18(19)24-21(13-34(2)32-24)20-11-28(7-8-28)26-23(20)25(35(33-26)17-4-5-17)15-9-22(36-14)27(30)31-12-15/h3,6,9-10,12-14,17,20H,4-5,7-8,11H2,1-2H3,(H2,30,31)/t14-,20?/m1/s1. The van der Waals surface area contributed by atoms with Gasteiger partial charge in [0.25, 0.3) is 0 Å². The Hall–Kier alpha value is -3.68. The fourth-order valence-corrected chi connectivity index (χ4v) is 6.48. The number of benzene rings is 1. The summed E-state index contributed by atoms with van der Waals surface area (Å²) in [7, 11) is 1.96. The van der Waals surface area contributed by atoms with E-state index < -0.39 is 6.10 Å². The minimum atomic E-state index is -0.453. The molecule has 4 aromatic rings. The number of halogens is 1. The number of nitrogens with two attached hydrogens (primary N) is 1. The minimum absolute atomic E-state index is 0.141. The van der Waals surface area contributed by atoms with Gasteiger partial charge in [0, 0.05) is 58.6 Å². The Morgan fingerprint density at radius 1 is 1.14 bits per heavy atom. The predicted molar refractivity (Wildman–Crippen MR) is 133 cm³/mol. The molecule has 8 heteroatoms. The average Bonchev–Trinajstić information content (AvgIpc) is 3.75. The second kappa shape index (κ2) is 6.75. The summed E-state index contributed by atoms with van der Waals surface area (Å²) in [4.78, 5) is 4.53. The second-order valence-electron chi connectivity index (χ2n) is 11.0. The summed E-state index contributed by atoms with van der Waals surface area (Å²) < 4.78 is 25.0. The molecule has 0 saturated heterocycles. The number of ether oxygens (including phenoxy) is 1. The van der Waals surface area contributed by atoms with Gasteiger partial charge in [0.2, 0.25) is 0 Å². The predicted octanol–water partition coefficient (Wildman–Crippen LogP) is 5.42. The Bertz CT molecular complexity index is 1580. The number of nitrogens with zero attached hydrogens (tertiary/aromatic N) is 5. The van der Waals surface area contributed by atoms with Crippen molar-refractivity contribution in [1.29, 1.82) is 0 Å². The third-order valence-corrected chi connectivity index (χ3v) is 8.54. The van der Waals surface area contributed by atoms with Gasteiger partial charge in [-0.15, -0.1) is 0 Å². The zero-order valence-electron chi connectivity index (χ0n) is 20.3. The highest BCUT2D eigenvalue weighted by atomic mass is 19.1. The van der Waals surface area contributed by atoms with Gasteiger partial charge < -0.3 is 10.5 Å². The van der Waals surface area contributed by atoms with Crippen LogP contribution in [-0.4, -0.2) is 24.5 Å². The van der Waals surface area contributed by atoms with E-state index in [1.165, 1.54) is 35.7 Å². The molecule has 0 radical (unpaired) electrons. The van der Waals surface area contributed by atoms with E-state index in [9.17, 15) is 4.39 Å². The lowest BCUT2D eigenvalue weighted by Gasteiger charge is -2.22. The van der Waals surface area contributed by atoms with Gasteiger partial charge in [0.1, 0.15) is 11.9 Å². The Kier molecular flexibility index (Phi) is 3.84.